The summed E-state index contributed by atoms with van der Waals surface area (Å²) >= 11 is 0. The van der Waals surface area contributed by atoms with Gasteiger partial charge >= 0.3 is 0 Å². The summed E-state index contributed by atoms with van der Waals surface area (Å²) in [5.41, 5.74) is -0.0646. The summed E-state index contributed by atoms with van der Waals surface area (Å²) in [5, 5.41) is 0. The largest absolute Gasteiger partial charge is 0.377 e. The van der Waals surface area contributed by atoms with Crippen LogP contribution in [-0.4, -0.2) is 85.7 Å². The highest BCUT2D eigenvalue weighted by Crippen LogP contribution is 2.29. The highest BCUT2D eigenvalue weighted by Gasteiger charge is 2.33. The summed E-state index contributed by atoms with van der Waals surface area (Å²) < 4.78 is 17.8. The van der Waals surface area contributed by atoms with Gasteiger partial charge in [-0.25, -0.2) is 0 Å². The lowest BCUT2D eigenvalue weighted by Crippen LogP contribution is -2.49. The van der Waals surface area contributed by atoms with E-state index >= 15 is 0 Å². The lowest BCUT2D eigenvalue weighted by molar-refractivity contribution is -0.149. The zero-order valence-corrected chi connectivity index (χ0v) is 17.3. The van der Waals surface area contributed by atoms with E-state index in [0.29, 0.717) is 12.2 Å². The molecule has 148 valence electrons. The van der Waals surface area contributed by atoms with Crippen molar-refractivity contribution in [3.05, 3.63) is 0 Å². The topological polar surface area (TPSA) is 34.2 Å². The Balaban J connectivity index is 1.47. The van der Waals surface area contributed by atoms with E-state index in [4.69, 9.17) is 14.2 Å². The third kappa shape index (κ3) is 8.83. The number of piperazine rings is 1. The Morgan fingerprint density at radius 2 is 1.24 bits per heavy atom. The van der Waals surface area contributed by atoms with Gasteiger partial charge in [0.1, 0.15) is 0 Å². The van der Waals surface area contributed by atoms with Crippen molar-refractivity contribution in [2.24, 2.45) is 0 Å². The number of rotatable bonds is 8. The van der Waals surface area contributed by atoms with E-state index in [1.54, 1.807) is 0 Å². The maximum absolute atomic E-state index is 6.00. The summed E-state index contributed by atoms with van der Waals surface area (Å²) in [6, 6.07) is 0. The Morgan fingerprint density at radius 3 is 1.72 bits per heavy atom. The third-order valence-electron chi connectivity index (χ3n) is 4.74. The van der Waals surface area contributed by atoms with Crippen molar-refractivity contribution in [1.29, 1.82) is 0 Å². The van der Waals surface area contributed by atoms with Crippen molar-refractivity contribution in [3.8, 4) is 0 Å². The Labute approximate surface area is 155 Å². The van der Waals surface area contributed by atoms with Crippen LogP contribution in [0.25, 0.3) is 0 Å². The van der Waals surface area contributed by atoms with Gasteiger partial charge in [-0.05, 0) is 54.4 Å². The molecule has 2 fully saturated rings. The minimum atomic E-state index is -0.0345. The van der Waals surface area contributed by atoms with Crippen LogP contribution >= 0.6 is 0 Å². The molecule has 2 rings (SSSR count). The van der Waals surface area contributed by atoms with Gasteiger partial charge in [0.15, 0.2) is 0 Å². The van der Waals surface area contributed by atoms with Crippen LogP contribution in [0.2, 0.25) is 0 Å². The van der Waals surface area contributed by atoms with Crippen molar-refractivity contribution >= 4 is 0 Å². The van der Waals surface area contributed by atoms with E-state index in [0.717, 1.165) is 65.3 Å². The molecule has 0 N–H and O–H groups in total. The van der Waals surface area contributed by atoms with Crippen molar-refractivity contribution in [2.75, 3.05) is 52.5 Å². The van der Waals surface area contributed by atoms with E-state index in [2.05, 4.69) is 51.3 Å². The zero-order chi connectivity index (χ0) is 18.5. The fourth-order valence-electron chi connectivity index (χ4n) is 3.32. The maximum Gasteiger partial charge on any atom is 0.0631 e. The van der Waals surface area contributed by atoms with Crippen LogP contribution < -0.4 is 0 Å². The van der Waals surface area contributed by atoms with E-state index in [9.17, 15) is 0 Å². The molecule has 0 atom stereocenters. The van der Waals surface area contributed by atoms with Crippen LogP contribution in [0.4, 0.5) is 0 Å². The Morgan fingerprint density at radius 1 is 0.720 bits per heavy atom. The quantitative estimate of drug-likeness (QED) is 0.668. The lowest BCUT2D eigenvalue weighted by atomic mass is 9.91. The van der Waals surface area contributed by atoms with Crippen molar-refractivity contribution in [3.63, 3.8) is 0 Å². The molecule has 5 heteroatoms. The van der Waals surface area contributed by atoms with Crippen LogP contribution in [0, 0.1) is 0 Å². The molecule has 1 aliphatic heterocycles. The van der Waals surface area contributed by atoms with Crippen molar-refractivity contribution in [2.45, 2.75) is 77.8 Å². The predicted octanol–water partition coefficient (Wildman–Crippen LogP) is 2.78. The maximum atomic E-state index is 6.00. The molecule has 0 unspecified atom stereocenters. The predicted molar refractivity (Wildman–Crippen MR) is 102 cm³/mol. The van der Waals surface area contributed by atoms with Gasteiger partial charge in [0.05, 0.1) is 36.6 Å². The number of nitrogens with zero attached hydrogens (tertiary/aromatic N) is 2. The SMILES string of the molecule is CC(C)(C)OCCN1CCN(CCOC2CC(OC(C)(C)C)C2)CC1. The molecule has 1 aliphatic carbocycles. The van der Waals surface area contributed by atoms with E-state index < -0.39 is 0 Å². The minimum Gasteiger partial charge on any atom is -0.377 e. The fourth-order valence-corrected chi connectivity index (χ4v) is 3.32. The summed E-state index contributed by atoms with van der Waals surface area (Å²) in [6.45, 7) is 21.0. The van der Waals surface area contributed by atoms with Crippen molar-refractivity contribution in [1.82, 2.24) is 9.80 Å². The molecule has 0 aromatic carbocycles. The first-order chi connectivity index (χ1) is 11.6. The summed E-state index contributed by atoms with van der Waals surface area (Å²) in [7, 11) is 0. The molecular formula is C20H40N2O3. The van der Waals surface area contributed by atoms with Gasteiger partial charge in [-0.3, -0.25) is 9.80 Å². The molecular weight excluding hydrogens is 316 g/mol. The van der Waals surface area contributed by atoms with Crippen LogP contribution in [-0.2, 0) is 14.2 Å². The first kappa shape index (κ1) is 21.1. The molecule has 1 heterocycles. The van der Waals surface area contributed by atoms with E-state index in [1.165, 1.54) is 0 Å². The molecule has 0 aromatic rings. The minimum absolute atomic E-state index is 0.0301. The van der Waals surface area contributed by atoms with Gasteiger partial charge in [-0.2, -0.15) is 0 Å². The van der Waals surface area contributed by atoms with Gasteiger partial charge in [-0.15, -0.1) is 0 Å². The molecule has 25 heavy (non-hydrogen) atoms. The molecule has 1 saturated heterocycles. The van der Waals surface area contributed by atoms with Gasteiger partial charge in [0.2, 0.25) is 0 Å². The first-order valence-electron chi connectivity index (χ1n) is 9.99. The Kier molecular flexibility index (Phi) is 7.71. The number of ether oxygens (including phenoxy) is 3. The fraction of sp³-hybridized carbons (Fsp3) is 1.00. The average Bonchev–Trinajstić information content (AvgIpc) is 2.43. The molecule has 0 amide bonds. The normalized spacial score (nSPS) is 26.6. The van der Waals surface area contributed by atoms with Crippen LogP contribution in [0.5, 0.6) is 0 Å². The van der Waals surface area contributed by atoms with Crippen LogP contribution in [0.15, 0.2) is 0 Å². The third-order valence-corrected chi connectivity index (χ3v) is 4.74. The number of hydrogen-bond donors (Lipinski definition) is 0. The smallest absolute Gasteiger partial charge is 0.0631 e. The number of hydrogen-bond acceptors (Lipinski definition) is 5. The van der Waals surface area contributed by atoms with Crippen molar-refractivity contribution < 1.29 is 14.2 Å². The second-order valence-electron chi connectivity index (χ2n) is 9.46. The van der Waals surface area contributed by atoms with Gasteiger partial charge < -0.3 is 14.2 Å². The Bertz CT molecular complexity index is 375. The summed E-state index contributed by atoms with van der Waals surface area (Å²) in [6.07, 6.45) is 2.91. The highest BCUT2D eigenvalue weighted by atomic mass is 16.5. The first-order valence-corrected chi connectivity index (χ1v) is 9.99. The van der Waals surface area contributed by atoms with Crippen LogP contribution in [0.1, 0.15) is 54.4 Å². The molecule has 0 radical (unpaired) electrons. The molecule has 0 aromatic heterocycles. The lowest BCUT2D eigenvalue weighted by Gasteiger charge is -2.39. The second-order valence-corrected chi connectivity index (χ2v) is 9.46. The van der Waals surface area contributed by atoms with Gasteiger partial charge in [0, 0.05) is 39.3 Å². The zero-order valence-electron chi connectivity index (χ0n) is 17.3. The average molecular weight is 357 g/mol. The summed E-state index contributed by atoms with van der Waals surface area (Å²) in [4.78, 5) is 5.02. The molecule has 1 saturated carbocycles. The molecule has 0 bridgehead atoms. The molecule has 0 spiro atoms. The standard InChI is InChI=1S/C20H40N2O3/c1-19(2,3)24-14-12-22-9-7-21(8-10-22)11-13-23-17-15-18(16-17)25-20(4,5)6/h17-18H,7-16H2,1-6H3. The van der Waals surface area contributed by atoms with E-state index in [1.807, 2.05) is 0 Å². The monoisotopic (exact) mass is 356 g/mol. The Hall–Kier alpha value is -0.200. The summed E-state index contributed by atoms with van der Waals surface area (Å²) in [5.74, 6) is 0. The van der Waals surface area contributed by atoms with Crippen LogP contribution in [0.3, 0.4) is 0 Å². The molecule has 5 nitrogen and oxygen atoms in total. The van der Waals surface area contributed by atoms with Gasteiger partial charge in [0.25, 0.3) is 0 Å². The molecule has 2 aliphatic rings. The van der Waals surface area contributed by atoms with E-state index in [-0.39, 0.29) is 11.2 Å². The second kappa shape index (κ2) is 9.14. The van der Waals surface area contributed by atoms with Gasteiger partial charge in [-0.1, -0.05) is 0 Å². The highest BCUT2D eigenvalue weighted by molar-refractivity contribution is 4.83.